The Morgan fingerprint density at radius 3 is 2.25 bits per heavy atom. The number of aliphatic hydroxyl groups is 1. The highest BCUT2D eigenvalue weighted by Crippen LogP contribution is 2.16. The number of allylic oxidation sites excluding steroid dienone is 2. The van der Waals surface area contributed by atoms with Gasteiger partial charge in [0.05, 0.1) is 18.0 Å². The van der Waals surface area contributed by atoms with Crippen molar-refractivity contribution in [1.29, 1.82) is 0 Å². The number of ketones is 2. The van der Waals surface area contributed by atoms with Gasteiger partial charge >= 0.3 is 0 Å². The third-order valence-electron chi connectivity index (χ3n) is 2.70. The molecule has 1 aromatic carbocycles. The molecule has 1 aliphatic carbocycles. The number of anilines is 2. The fourth-order valence-electron chi connectivity index (χ4n) is 1.71. The largest absolute Gasteiger partial charge is 0.399 e. The lowest BCUT2D eigenvalue weighted by Gasteiger charge is -2.15. The van der Waals surface area contributed by atoms with Crippen molar-refractivity contribution in [2.24, 2.45) is 0 Å². The molecule has 6 nitrogen and oxygen atoms in total. The van der Waals surface area contributed by atoms with E-state index in [1.165, 1.54) is 12.2 Å². The average Bonchev–Trinajstić information content (AvgIpc) is 2.43. The van der Waals surface area contributed by atoms with Crippen molar-refractivity contribution < 1.29 is 14.7 Å². The highest BCUT2D eigenvalue weighted by molar-refractivity contribution is 6.20. The summed E-state index contributed by atoms with van der Waals surface area (Å²) in [5.74, 6) is -0.613. The van der Waals surface area contributed by atoms with Crippen molar-refractivity contribution in [2.45, 2.75) is 0 Å². The molecule has 0 atom stereocenters. The van der Waals surface area contributed by atoms with Crippen LogP contribution in [-0.4, -0.2) is 29.8 Å². The number of benzene rings is 1. The summed E-state index contributed by atoms with van der Waals surface area (Å²) in [6.45, 7) is 0.110. The highest BCUT2D eigenvalue weighted by atomic mass is 16.3. The molecule has 0 heterocycles. The highest BCUT2D eigenvalue weighted by Gasteiger charge is 2.19. The fourth-order valence-corrected chi connectivity index (χ4v) is 1.71. The van der Waals surface area contributed by atoms with Crippen LogP contribution in [0.15, 0.2) is 47.8 Å². The Balaban J connectivity index is 2.09. The lowest BCUT2D eigenvalue weighted by molar-refractivity contribution is -0.115. The number of aliphatic hydroxyl groups excluding tert-OH is 1. The number of hydrogen-bond acceptors (Lipinski definition) is 6. The number of carbonyl (C=O) groups is 2. The number of carbonyl (C=O) groups excluding carboxylic acids is 2. The van der Waals surface area contributed by atoms with Crippen molar-refractivity contribution in [3.8, 4) is 0 Å². The van der Waals surface area contributed by atoms with Gasteiger partial charge in [0.1, 0.15) is 0 Å². The van der Waals surface area contributed by atoms with E-state index in [1.807, 2.05) is 0 Å². The molecule has 2 rings (SSSR count). The van der Waals surface area contributed by atoms with Gasteiger partial charge in [0.25, 0.3) is 0 Å². The number of nitrogens with one attached hydrogen (secondary N) is 2. The molecule has 0 aliphatic heterocycles. The number of nitrogens with two attached hydrogens (primary N) is 1. The Morgan fingerprint density at radius 2 is 1.60 bits per heavy atom. The maximum absolute atomic E-state index is 11.9. The number of hydrogen-bond donors (Lipinski definition) is 4. The van der Waals surface area contributed by atoms with Gasteiger partial charge in [-0.15, -0.1) is 0 Å². The molecule has 104 valence electrons. The lowest BCUT2D eigenvalue weighted by atomic mass is 10.1. The zero-order valence-corrected chi connectivity index (χ0v) is 10.7. The van der Waals surface area contributed by atoms with Crippen LogP contribution < -0.4 is 16.4 Å². The van der Waals surface area contributed by atoms with Gasteiger partial charge in [-0.05, 0) is 24.3 Å². The molecule has 0 bridgehead atoms. The second-order valence-corrected chi connectivity index (χ2v) is 4.24. The Kier molecular flexibility index (Phi) is 4.17. The molecule has 0 saturated carbocycles. The minimum atomic E-state index is -0.309. The molecule has 6 heteroatoms. The molecular formula is C14H15N3O3. The molecule has 0 saturated heterocycles. The van der Waals surface area contributed by atoms with E-state index in [1.54, 1.807) is 24.3 Å². The van der Waals surface area contributed by atoms with Crippen LogP contribution in [0.25, 0.3) is 0 Å². The first kappa shape index (κ1) is 13.8. The van der Waals surface area contributed by atoms with Crippen LogP contribution in [0.3, 0.4) is 0 Å². The smallest absolute Gasteiger partial charge is 0.204 e. The molecule has 0 amide bonds. The van der Waals surface area contributed by atoms with E-state index in [0.717, 1.165) is 0 Å². The fraction of sp³-hybridized carbons (Fsp3) is 0.143. The molecular weight excluding hydrogens is 258 g/mol. The molecule has 0 spiro atoms. The van der Waals surface area contributed by atoms with E-state index in [-0.39, 0.29) is 36.1 Å². The standard InChI is InChI=1S/C14H15N3O3/c15-9-1-3-10(4-2-9)17-12-8-13(19)11(7-14(12)20)16-5-6-18/h1-4,7-8,16-18H,5-6,15H2. The minimum Gasteiger partial charge on any atom is -0.399 e. The van der Waals surface area contributed by atoms with Gasteiger partial charge in [-0.25, -0.2) is 0 Å². The van der Waals surface area contributed by atoms with Gasteiger partial charge in [-0.3, -0.25) is 9.59 Å². The van der Waals surface area contributed by atoms with Gasteiger partial charge in [-0.2, -0.15) is 0 Å². The summed E-state index contributed by atoms with van der Waals surface area (Å²) in [5.41, 5.74) is 7.25. The second-order valence-electron chi connectivity index (χ2n) is 4.24. The molecule has 0 aromatic heterocycles. The molecule has 0 radical (unpaired) electrons. The topological polar surface area (TPSA) is 104 Å². The quantitative estimate of drug-likeness (QED) is 0.451. The van der Waals surface area contributed by atoms with Crippen LogP contribution in [-0.2, 0) is 9.59 Å². The first-order valence-corrected chi connectivity index (χ1v) is 6.09. The Hall–Kier alpha value is -2.60. The monoisotopic (exact) mass is 273 g/mol. The summed E-state index contributed by atoms with van der Waals surface area (Å²) in [5, 5.41) is 14.3. The third-order valence-corrected chi connectivity index (χ3v) is 2.70. The number of nitrogen functional groups attached to an aromatic ring is 1. The van der Waals surface area contributed by atoms with Crippen molar-refractivity contribution >= 4 is 22.9 Å². The van der Waals surface area contributed by atoms with Crippen LogP contribution >= 0.6 is 0 Å². The van der Waals surface area contributed by atoms with Gasteiger partial charge in [-0.1, -0.05) is 0 Å². The molecule has 0 fully saturated rings. The van der Waals surface area contributed by atoms with Crippen LogP contribution in [0, 0.1) is 0 Å². The maximum atomic E-state index is 11.9. The predicted molar refractivity (Wildman–Crippen MR) is 75.7 cm³/mol. The Bertz CT molecular complexity index is 588. The molecule has 1 aliphatic rings. The van der Waals surface area contributed by atoms with Crippen LogP contribution in [0.5, 0.6) is 0 Å². The molecule has 0 unspecified atom stereocenters. The summed E-state index contributed by atoms with van der Waals surface area (Å²) in [4.78, 5) is 23.7. The maximum Gasteiger partial charge on any atom is 0.204 e. The number of rotatable bonds is 5. The van der Waals surface area contributed by atoms with Crippen molar-refractivity contribution in [3.05, 3.63) is 47.8 Å². The third kappa shape index (κ3) is 3.24. The zero-order chi connectivity index (χ0) is 14.5. The van der Waals surface area contributed by atoms with E-state index in [0.29, 0.717) is 11.4 Å². The SMILES string of the molecule is Nc1ccc(NC2=CC(=O)C(NCCO)=CC2=O)cc1. The van der Waals surface area contributed by atoms with Crippen LogP contribution in [0.1, 0.15) is 0 Å². The predicted octanol–water partition coefficient (Wildman–Crippen LogP) is 0.182. The first-order chi connectivity index (χ1) is 9.60. The Morgan fingerprint density at radius 1 is 1.00 bits per heavy atom. The van der Waals surface area contributed by atoms with E-state index in [9.17, 15) is 9.59 Å². The molecule has 20 heavy (non-hydrogen) atoms. The normalized spacial score (nSPS) is 14.7. The van der Waals surface area contributed by atoms with E-state index >= 15 is 0 Å². The van der Waals surface area contributed by atoms with Crippen LogP contribution in [0.4, 0.5) is 11.4 Å². The zero-order valence-electron chi connectivity index (χ0n) is 10.7. The Labute approximate surface area is 116 Å². The lowest BCUT2D eigenvalue weighted by Crippen LogP contribution is -2.28. The van der Waals surface area contributed by atoms with Crippen LogP contribution in [0.2, 0.25) is 0 Å². The summed E-state index contributed by atoms with van der Waals surface area (Å²) < 4.78 is 0. The molecule has 5 N–H and O–H groups in total. The van der Waals surface area contributed by atoms with E-state index < -0.39 is 0 Å². The van der Waals surface area contributed by atoms with Crippen molar-refractivity contribution in [1.82, 2.24) is 5.32 Å². The van der Waals surface area contributed by atoms with Gasteiger partial charge < -0.3 is 21.5 Å². The summed E-state index contributed by atoms with van der Waals surface area (Å²) in [6.07, 6.45) is 2.45. The summed E-state index contributed by atoms with van der Waals surface area (Å²) >= 11 is 0. The van der Waals surface area contributed by atoms with Gasteiger partial charge in [0, 0.05) is 30.1 Å². The van der Waals surface area contributed by atoms with Gasteiger partial charge in [0.15, 0.2) is 0 Å². The summed E-state index contributed by atoms with van der Waals surface area (Å²) in [6, 6.07) is 6.83. The van der Waals surface area contributed by atoms with E-state index in [4.69, 9.17) is 10.8 Å². The molecule has 1 aromatic rings. The van der Waals surface area contributed by atoms with E-state index in [2.05, 4.69) is 10.6 Å². The van der Waals surface area contributed by atoms with Crippen molar-refractivity contribution in [3.63, 3.8) is 0 Å². The minimum absolute atomic E-state index is 0.112. The average molecular weight is 273 g/mol. The summed E-state index contributed by atoms with van der Waals surface area (Å²) in [7, 11) is 0. The van der Waals surface area contributed by atoms with Crippen molar-refractivity contribution in [2.75, 3.05) is 24.2 Å². The first-order valence-electron chi connectivity index (χ1n) is 6.09. The van der Waals surface area contributed by atoms with Gasteiger partial charge in [0.2, 0.25) is 11.6 Å². The second kappa shape index (κ2) is 6.03.